The van der Waals surface area contributed by atoms with Gasteiger partial charge in [-0.1, -0.05) is 52.0 Å². The molecule has 16 heteroatoms. The van der Waals surface area contributed by atoms with E-state index in [1.807, 2.05) is 12.1 Å². The van der Waals surface area contributed by atoms with Gasteiger partial charge in [0.05, 0.1) is 22.9 Å². The van der Waals surface area contributed by atoms with Crippen molar-refractivity contribution in [3.8, 4) is 11.5 Å². The molecule has 360 valence electrons. The zero-order valence-corrected chi connectivity index (χ0v) is 40.6. The number of sulfonamides is 1. The molecule has 15 nitrogen and oxygen atoms in total. The van der Waals surface area contributed by atoms with E-state index in [0.717, 1.165) is 101 Å². The summed E-state index contributed by atoms with van der Waals surface area (Å²) < 4.78 is 36.1. The zero-order chi connectivity index (χ0) is 47.4. The maximum Gasteiger partial charge on any atom is 0.312 e. The number of piperazine rings is 1. The SMILES string of the molecule is CC(C)c1ccccc1[C@H]1CN(C2CC2)CCN1C1CC2(CCN(c3ccc(C(=O)NS(=O)(=O)c4cnc(NCC5CCC(C)(C)CC5)c([N+](=O)[O-])c4)c(Oc4cnc5[nH]ccc5c4)c3)CC2)C1. The predicted molar refractivity (Wildman–Crippen MR) is 264 cm³/mol. The van der Waals surface area contributed by atoms with Crippen LogP contribution in [-0.4, -0.2) is 95.4 Å². The second-order valence-corrected chi connectivity index (χ2v) is 23.1. The molecule has 5 aliphatic rings. The number of carbonyl (C=O) groups excluding carboxylic acids is 1. The number of amides is 1. The molecule has 3 aromatic heterocycles. The Bertz CT molecular complexity index is 2780. The minimum Gasteiger partial charge on any atom is -0.455 e. The molecule has 3 saturated carbocycles. The van der Waals surface area contributed by atoms with Gasteiger partial charge < -0.3 is 19.9 Å². The molecule has 1 amide bonds. The first kappa shape index (κ1) is 46.2. The van der Waals surface area contributed by atoms with Crippen LogP contribution < -0.4 is 19.7 Å². The Kier molecular flexibility index (Phi) is 12.5. The third-order valence-corrected chi connectivity index (χ3v) is 17.2. The molecular weight excluding hydrogens is 879 g/mol. The van der Waals surface area contributed by atoms with E-state index >= 15 is 0 Å². The van der Waals surface area contributed by atoms with Gasteiger partial charge in [-0.3, -0.25) is 24.7 Å². The Morgan fingerprint density at radius 1 is 0.926 bits per heavy atom. The fourth-order valence-corrected chi connectivity index (χ4v) is 12.5. The molecule has 0 bridgehead atoms. The molecular formula is C52H65N9O6S. The lowest BCUT2D eigenvalue weighted by molar-refractivity contribution is -0.384. The van der Waals surface area contributed by atoms with E-state index in [4.69, 9.17) is 4.74 Å². The number of aromatic amines is 1. The molecule has 3 N–H and O–H groups in total. The third-order valence-electron chi connectivity index (χ3n) is 15.9. The van der Waals surface area contributed by atoms with Crippen molar-refractivity contribution in [2.45, 2.75) is 121 Å². The molecule has 5 aromatic rings. The van der Waals surface area contributed by atoms with Gasteiger partial charge in [0.2, 0.25) is 5.82 Å². The second-order valence-electron chi connectivity index (χ2n) is 21.4. The van der Waals surface area contributed by atoms with Crippen LogP contribution in [0.25, 0.3) is 11.0 Å². The highest BCUT2D eigenvalue weighted by Crippen LogP contribution is 2.54. The third kappa shape index (κ3) is 9.68. The van der Waals surface area contributed by atoms with Crippen molar-refractivity contribution < 1.29 is 22.9 Å². The molecule has 68 heavy (non-hydrogen) atoms. The molecule has 0 unspecified atom stereocenters. The van der Waals surface area contributed by atoms with E-state index in [1.165, 1.54) is 36.8 Å². The van der Waals surface area contributed by atoms with E-state index in [-0.39, 0.29) is 28.0 Å². The standard InChI is InChI=1S/C52H65N9O6S/c1-34(2)42-7-5-6-8-43(42)46-33-59(37-9-10-37)23-24-60(46)39-28-52(29-39)18-21-58(22-19-52)38-11-12-44(47(26-38)67-40-25-36-15-20-53-48(36)55-31-40)50(62)57-68(65,66)41-27-45(61(63)64)49(56-32-41)54-30-35-13-16-51(3,4)17-14-35/h5-8,11-12,15,20,25-27,31-32,34-35,37,39,46H,9-10,13-14,16-19,21-24,28-30,33H2,1-4H3,(H,53,55)(H,54,56)(H,57,62)/t46-/m1/s1. The Morgan fingerprint density at radius 3 is 2.43 bits per heavy atom. The molecule has 1 atom stereocenters. The number of rotatable bonds is 14. The highest BCUT2D eigenvalue weighted by Gasteiger charge is 2.51. The number of carbonyl (C=O) groups is 1. The molecule has 2 aliphatic heterocycles. The number of hydrogen-bond acceptors (Lipinski definition) is 12. The average Bonchev–Trinajstić information content (AvgIpc) is 4.07. The van der Waals surface area contributed by atoms with Gasteiger partial charge in [0, 0.05) is 86.8 Å². The lowest BCUT2D eigenvalue weighted by atomic mass is 9.59. The summed E-state index contributed by atoms with van der Waals surface area (Å²) in [6, 6.07) is 20.6. The van der Waals surface area contributed by atoms with Crippen LogP contribution in [-0.2, 0) is 10.0 Å². The largest absolute Gasteiger partial charge is 0.455 e. The van der Waals surface area contributed by atoms with Crippen LogP contribution in [0.1, 0.15) is 125 Å². The molecule has 0 radical (unpaired) electrons. The van der Waals surface area contributed by atoms with Gasteiger partial charge in [0.15, 0.2) is 0 Å². The summed E-state index contributed by atoms with van der Waals surface area (Å²) in [4.78, 5) is 44.7. The van der Waals surface area contributed by atoms with Gasteiger partial charge in [0.1, 0.15) is 22.0 Å². The Morgan fingerprint density at radius 2 is 1.69 bits per heavy atom. The number of nitrogens with one attached hydrogen (secondary N) is 3. The van der Waals surface area contributed by atoms with Crippen LogP contribution >= 0.6 is 0 Å². The van der Waals surface area contributed by atoms with E-state index in [0.29, 0.717) is 41.9 Å². The maximum atomic E-state index is 14.0. The van der Waals surface area contributed by atoms with Gasteiger partial charge in [-0.05, 0) is 122 Å². The van der Waals surface area contributed by atoms with E-state index < -0.39 is 31.4 Å². The van der Waals surface area contributed by atoms with Crippen molar-refractivity contribution in [1.29, 1.82) is 0 Å². The van der Waals surface area contributed by atoms with E-state index in [9.17, 15) is 23.3 Å². The van der Waals surface area contributed by atoms with Crippen LogP contribution in [0.15, 0.2) is 84.1 Å². The average molecular weight is 944 g/mol. The number of nitrogens with zero attached hydrogens (tertiary/aromatic N) is 6. The van der Waals surface area contributed by atoms with Crippen molar-refractivity contribution in [3.63, 3.8) is 0 Å². The number of ether oxygens (including phenoxy) is 1. The van der Waals surface area contributed by atoms with Crippen molar-refractivity contribution in [1.82, 2.24) is 29.5 Å². The topological polar surface area (TPSA) is 179 Å². The minimum absolute atomic E-state index is 0.00996. The van der Waals surface area contributed by atoms with Crippen LogP contribution in [0.3, 0.4) is 0 Å². The molecule has 5 fully saturated rings. The van der Waals surface area contributed by atoms with Crippen LogP contribution in [0.4, 0.5) is 17.2 Å². The zero-order valence-electron chi connectivity index (χ0n) is 39.7. The molecule has 1 spiro atoms. The smallest absolute Gasteiger partial charge is 0.312 e. The van der Waals surface area contributed by atoms with Crippen molar-refractivity contribution in [2.24, 2.45) is 16.7 Å². The summed E-state index contributed by atoms with van der Waals surface area (Å²) in [6.07, 6.45) is 15.6. The van der Waals surface area contributed by atoms with Crippen molar-refractivity contribution in [2.75, 3.05) is 49.5 Å². The number of piperidine rings is 1. The Balaban J connectivity index is 0.836. The predicted octanol–water partition coefficient (Wildman–Crippen LogP) is 9.80. The lowest BCUT2D eigenvalue weighted by Gasteiger charge is -2.58. The molecule has 5 heterocycles. The van der Waals surface area contributed by atoms with Gasteiger partial charge in [-0.15, -0.1) is 0 Å². The Hall–Kier alpha value is -5.58. The number of aromatic nitrogens is 3. The van der Waals surface area contributed by atoms with E-state index in [2.05, 4.69) is 91.7 Å². The summed E-state index contributed by atoms with van der Waals surface area (Å²) in [5.74, 6) is 0.372. The first-order valence-corrected chi connectivity index (χ1v) is 26.1. The monoisotopic (exact) mass is 943 g/mol. The molecule has 2 aromatic carbocycles. The highest BCUT2D eigenvalue weighted by atomic mass is 32.2. The van der Waals surface area contributed by atoms with E-state index in [1.54, 1.807) is 30.6 Å². The van der Waals surface area contributed by atoms with Gasteiger partial charge >= 0.3 is 5.69 Å². The summed E-state index contributed by atoms with van der Waals surface area (Å²) >= 11 is 0. The number of fused-ring (bicyclic) bond motifs is 1. The summed E-state index contributed by atoms with van der Waals surface area (Å²) in [5, 5.41) is 16.1. The highest BCUT2D eigenvalue weighted by molar-refractivity contribution is 7.90. The first-order valence-electron chi connectivity index (χ1n) is 24.7. The number of anilines is 2. The molecule has 3 aliphatic carbocycles. The summed E-state index contributed by atoms with van der Waals surface area (Å²) in [6.45, 7) is 14.6. The number of benzene rings is 2. The van der Waals surface area contributed by atoms with Crippen molar-refractivity contribution in [3.05, 3.63) is 106 Å². The molecule has 2 saturated heterocycles. The van der Waals surface area contributed by atoms with Gasteiger partial charge in [-0.2, -0.15) is 0 Å². The number of hydrogen-bond donors (Lipinski definition) is 3. The summed E-state index contributed by atoms with van der Waals surface area (Å²) in [5.41, 5.74) is 4.56. The van der Waals surface area contributed by atoms with Crippen LogP contribution in [0.5, 0.6) is 11.5 Å². The summed E-state index contributed by atoms with van der Waals surface area (Å²) in [7, 11) is -4.60. The first-order chi connectivity index (χ1) is 32.6. The Labute approximate surface area is 399 Å². The normalized spacial score (nSPS) is 21.5. The van der Waals surface area contributed by atoms with Gasteiger partial charge in [-0.25, -0.2) is 23.1 Å². The quantitative estimate of drug-likeness (QED) is 0.0710. The number of H-pyrrole nitrogens is 1. The fraction of sp³-hybridized carbons (Fsp3) is 0.519. The van der Waals surface area contributed by atoms with Gasteiger partial charge in [0.25, 0.3) is 15.9 Å². The lowest BCUT2D eigenvalue weighted by Crippen LogP contribution is -2.60. The van der Waals surface area contributed by atoms with Crippen LogP contribution in [0.2, 0.25) is 0 Å². The number of pyridine rings is 2. The molecule has 10 rings (SSSR count). The van der Waals surface area contributed by atoms with Crippen molar-refractivity contribution >= 4 is 44.2 Å². The number of nitro groups is 1. The minimum atomic E-state index is -4.60. The fourth-order valence-electron chi connectivity index (χ4n) is 11.5. The maximum absolute atomic E-state index is 14.0. The van der Waals surface area contributed by atoms with Crippen LogP contribution in [0, 0.1) is 26.9 Å². The second kappa shape index (κ2) is 18.4.